The highest BCUT2D eigenvalue weighted by atomic mass is 15.2. The van der Waals surface area contributed by atoms with E-state index in [4.69, 9.17) is 4.98 Å². The molecular weight excluding hydrogens is 352 g/mol. The lowest BCUT2D eigenvalue weighted by Gasteiger charge is -2.18. The lowest BCUT2D eigenvalue weighted by Crippen LogP contribution is -2.12. The summed E-state index contributed by atoms with van der Waals surface area (Å²) in [6.45, 7) is 4.04. The van der Waals surface area contributed by atoms with E-state index in [1.807, 2.05) is 41.9 Å². The van der Waals surface area contributed by atoms with Crippen LogP contribution < -0.4 is 5.32 Å². The summed E-state index contributed by atoms with van der Waals surface area (Å²) in [4.78, 5) is 20.8. The molecule has 4 aromatic heterocycles. The van der Waals surface area contributed by atoms with Crippen molar-refractivity contribution in [2.45, 2.75) is 19.9 Å². The van der Waals surface area contributed by atoms with Gasteiger partial charge in [-0.3, -0.25) is 0 Å². The normalized spacial score (nSPS) is 12.5. The van der Waals surface area contributed by atoms with Crippen molar-refractivity contribution in [2.24, 2.45) is 0 Å². The number of aryl methyl sites for hydroxylation is 1. The maximum Gasteiger partial charge on any atom is 0.162 e. The van der Waals surface area contributed by atoms with Crippen LogP contribution in [0.5, 0.6) is 0 Å². The smallest absolute Gasteiger partial charge is 0.162 e. The Labute approximate surface area is 160 Å². The first-order chi connectivity index (χ1) is 13.7. The van der Waals surface area contributed by atoms with E-state index in [2.05, 4.69) is 49.4 Å². The first-order valence-corrected chi connectivity index (χ1v) is 9.02. The number of nitrogens with zero attached hydrogens (tertiary/aromatic N) is 6. The van der Waals surface area contributed by atoms with Crippen LogP contribution in [0.4, 0.5) is 5.82 Å². The average Bonchev–Trinajstić information content (AvgIpc) is 3.33. The molecular formula is C20H18N8. The van der Waals surface area contributed by atoms with Crippen molar-refractivity contribution in [3.05, 3.63) is 66.5 Å². The molecule has 28 heavy (non-hydrogen) atoms. The minimum atomic E-state index is -0.0774. The van der Waals surface area contributed by atoms with Crippen molar-refractivity contribution in [3.63, 3.8) is 0 Å². The number of rotatable bonds is 4. The van der Waals surface area contributed by atoms with Gasteiger partial charge in [-0.1, -0.05) is 30.3 Å². The van der Waals surface area contributed by atoms with Crippen LogP contribution in [-0.2, 0) is 0 Å². The summed E-state index contributed by atoms with van der Waals surface area (Å²) in [7, 11) is 0. The maximum atomic E-state index is 4.89. The highest BCUT2D eigenvalue weighted by Crippen LogP contribution is 2.30. The lowest BCUT2D eigenvalue weighted by atomic mass is 10.0. The molecule has 8 nitrogen and oxygen atoms in total. The molecule has 4 heterocycles. The van der Waals surface area contributed by atoms with Crippen molar-refractivity contribution in [2.75, 3.05) is 5.32 Å². The molecule has 8 heteroatoms. The van der Waals surface area contributed by atoms with Crippen molar-refractivity contribution in [3.8, 4) is 11.3 Å². The van der Waals surface area contributed by atoms with Crippen LogP contribution in [0, 0.1) is 6.92 Å². The second-order valence-corrected chi connectivity index (χ2v) is 6.69. The van der Waals surface area contributed by atoms with Crippen LogP contribution in [0.3, 0.4) is 0 Å². The fraction of sp³-hybridized carbons (Fsp3) is 0.150. The van der Waals surface area contributed by atoms with Gasteiger partial charge in [0.05, 0.1) is 23.8 Å². The molecule has 1 unspecified atom stereocenters. The van der Waals surface area contributed by atoms with Crippen LogP contribution >= 0.6 is 0 Å². The molecule has 138 valence electrons. The van der Waals surface area contributed by atoms with Gasteiger partial charge in [0.1, 0.15) is 11.8 Å². The van der Waals surface area contributed by atoms with Gasteiger partial charge in [-0.2, -0.15) is 5.10 Å². The maximum absolute atomic E-state index is 4.89. The second kappa shape index (κ2) is 6.41. The van der Waals surface area contributed by atoms with Crippen LogP contribution in [0.2, 0.25) is 0 Å². The van der Waals surface area contributed by atoms with E-state index in [0.29, 0.717) is 17.0 Å². The number of aromatic nitrogens is 7. The summed E-state index contributed by atoms with van der Waals surface area (Å²) in [5, 5.41) is 7.98. The molecule has 0 aliphatic rings. The topological polar surface area (TPSA) is 96.7 Å². The molecule has 0 spiro atoms. The minimum Gasteiger partial charge on any atom is -0.361 e. The number of aromatic amines is 1. The minimum absolute atomic E-state index is 0.0774. The Morgan fingerprint density at radius 2 is 1.96 bits per heavy atom. The molecule has 1 atom stereocenters. The van der Waals surface area contributed by atoms with Gasteiger partial charge in [-0.15, -0.1) is 0 Å². The summed E-state index contributed by atoms with van der Waals surface area (Å²) in [5.41, 5.74) is 6.15. The largest absolute Gasteiger partial charge is 0.361 e. The number of hydrogen-bond acceptors (Lipinski definition) is 6. The molecule has 2 N–H and O–H groups in total. The van der Waals surface area contributed by atoms with Gasteiger partial charge in [-0.25, -0.2) is 24.5 Å². The number of fused-ring (bicyclic) bond motifs is 2. The van der Waals surface area contributed by atoms with E-state index >= 15 is 0 Å². The molecule has 0 aliphatic heterocycles. The van der Waals surface area contributed by atoms with Crippen molar-refractivity contribution in [1.82, 2.24) is 34.5 Å². The fourth-order valence-electron chi connectivity index (χ4n) is 3.35. The molecule has 0 fully saturated rings. The third-order valence-electron chi connectivity index (χ3n) is 4.68. The molecule has 5 rings (SSSR count). The number of nitrogens with one attached hydrogen (secondary N) is 2. The lowest BCUT2D eigenvalue weighted by molar-refractivity contribution is 0.827. The van der Waals surface area contributed by atoms with Crippen LogP contribution in [0.25, 0.3) is 28.1 Å². The Balaban J connectivity index is 1.63. The van der Waals surface area contributed by atoms with Gasteiger partial charge in [0.15, 0.2) is 17.1 Å². The quantitative estimate of drug-likeness (QED) is 0.502. The Morgan fingerprint density at radius 3 is 2.82 bits per heavy atom. The summed E-state index contributed by atoms with van der Waals surface area (Å²) in [6, 6.07) is 12.1. The van der Waals surface area contributed by atoms with E-state index in [1.165, 1.54) is 6.33 Å². The van der Waals surface area contributed by atoms with Gasteiger partial charge in [0.25, 0.3) is 0 Å². The van der Waals surface area contributed by atoms with E-state index < -0.39 is 0 Å². The SMILES string of the molecule is Cc1cc2nc(-c3ccccc3)c(C(C)Nc3ncnc4[nH]cnc34)cn2n1. The predicted molar refractivity (Wildman–Crippen MR) is 107 cm³/mol. The van der Waals surface area contributed by atoms with Gasteiger partial charge >= 0.3 is 0 Å². The number of H-pyrrole nitrogens is 1. The van der Waals surface area contributed by atoms with Gasteiger partial charge in [0, 0.05) is 23.4 Å². The van der Waals surface area contributed by atoms with Gasteiger partial charge in [-0.05, 0) is 13.8 Å². The molecule has 0 bridgehead atoms. The molecule has 0 saturated carbocycles. The Kier molecular flexibility index (Phi) is 3.75. The van der Waals surface area contributed by atoms with Crippen molar-refractivity contribution in [1.29, 1.82) is 0 Å². The summed E-state index contributed by atoms with van der Waals surface area (Å²) in [6.07, 6.45) is 5.16. The number of benzene rings is 1. The summed E-state index contributed by atoms with van der Waals surface area (Å²) in [5.74, 6) is 0.675. The number of hydrogen-bond donors (Lipinski definition) is 2. The van der Waals surface area contributed by atoms with Crippen LogP contribution in [0.15, 0.2) is 55.2 Å². The molecule has 1 aromatic carbocycles. The number of imidazole rings is 1. The van der Waals surface area contributed by atoms with Gasteiger partial charge in [0.2, 0.25) is 0 Å². The second-order valence-electron chi connectivity index (χ2n) is 6.69. The molecule has 0 aliphatic carbocycles. The van der Waals surface area contributed by atoms with E-state index in [9.17, 15) is 0 Å². The monoisotopic (exact) mass is 370 g/mol. The Hall–Kier alpha value is -3.81. The standard InChI is InChI=1S/C20H18N8/c1-12-8-16-26-17(14-6-4-3-5-7-14)15(9-28(16)27-12)13(2)25-20-18-19(22-10-21-18)23-11-24-20/h3-11,13H,1-2H3,(H2,21,22,23,24,25). The van der Waals surface area contributed by atoms with E-state index in [1.54, 1.807) is 6.33 Å². The Morgan fingerprint density at radius 1 is 1.11 bits per heavy atom. The molecule has 5 aromatic rings. The van der Waals surface area contributed by atoms with E-state index in [-0.39, 0.29) is 6.04 Å². The molecule has 0 radical (unpaired) electrons. The first kappa shape index (κ1) is 16.4. The fourth-order valence-corrected chi connectivity index (χ4v) is 3.35. The average molecular weight is 370 g/mol. The van der Waals surface area contributed by atoms with Crippen LogP contribution in [0.1, 0.15) is 24.2 Å². The first-order valence-electron chi connectivity index (χ1n) is 9.02. The summed E-state index contributed by atoms with van der Waals surface area (Å²) < 4.78 is 1.82. The predicted octanol–water partition coefficient (Wildman–Crippen LogP) is 3.54. The zero-order valence-electron chi connectivity index (χ0n) is 15.5. The van der Waals surface area contributed by atoms with Crippen molar-refractivity contribution < 1.29 is 0 Å². The van der Waals surface area contributed by atoms with E-state index in [0.717, 1.165) is 28.2 Å². The molecule has 0 saturated heterocycles. The molecule has 0 amide bonds. The highest BCUT2D eigenvalue weighted by molar-refractivity contribution is 5.82. The highest BCUT2D eigenvalue weighted by Gasteiger charge is 2.18. The number of anilines is 1. The zero-order chi connectivity index (χ0) is 19.1. The van der Waals surface area contributed by atoms with Crippen molar-refractivity contribution >= 4 is 22.6 Å². The third kappa shape index (κ3) is 2.75. The third-order valence-corrected chi connectivity index (χ3v) is 4.68. The summed E-state index contributed by atoms with van der Waals surface area (Å²) >= 11 is 0. The zero-order valence-corrected chi connectivity index (χ0v) is 15.5. The van der Waals surface area contributed by atoms with Crippen LogP contribution in [-0.4, -0.2) is 34.5 Å². The van der Waals surface area contributed by atoms with Gasteiger partial charge < -0.3 is 10.3 Å². The Bertz CT molecular complexity index is 1270.